The third-order valence-electron chi connectivity index (χ3n) is 4.45. The van der Waals surface area contributed by atoms with E-state index in [1.165, 1.54) is 17.4 Å². The Morgan fingerprint density at radius 2 is 1.73 bits per heavy atom. The Labute approximate surface area is 175 Å². The molecule has 3 N–H and O–H groups in total. The Hall–Kier alpha value is -3.79. The average molecular weight is 423 g/mol. The number of nitrogens with zero attached hydrogens (tertiary/aromatic N) is 2. The van der Waals surface area contributed by atoms with E-state index in [-0.39, 0.29) is 23.2 Å². The third-order valence-corrected chi connectivity index (χ3v) is 5.14. The molecule has 9 nitrogen and oxygen atoms in total. The van der Waals surface area contributed by atoms with E-state index in [4.69, 9.17) is 0 Å². The molecule has 30 heavy (non-hydrogen) atoms. The van der Waals surface area contributed by atoms with Gasteiger partial charge in [-0.15, -0.1) is 11.3 Å². The number of rotatable bonds is 7. The maximum absolute atomic E-state index is 12.5. The SMILES string of the molecule is O=C(Nc1ccc(C(=O)Nc2nccs2)cc1)c1ccc(NC2CC2)c([N+](=O)[O-])c1. The van der Waals surface area contributed by atoms with E-state index >= 15 is 0 Å². The number of nitrogens with one attached hydrogen (secondary N) is 3. The molecular weight excluding hydrogens is 406 g/mol. The number of amides is 2. The largest absolute Gasteiger partial charge is 0.377 e. The van der Waals surface area contributed by atoms with Gasteiger partial charge < -0.3 is 10.6 Å². The first-order valence-electron chi connectivity index (χ1n) is 9.17. The molecule has 10 heteroatoms. The van der Waals surface area contributed by atoms with Gasteiger partial charge in [0.1, 0.15) is 5.69 Å². The highest BCUT2D eigenvalue weighted by atomic mass is 32.1. The topological polar surface area (TPSA) is 126 Å². The quantitative estimate of drug-likeness (QED) is 0.387. The molecule has 152 valence electrons. The zero-order chi connectivity index (χ0) is 21.1. The number of thiazole rings is 1. The van der Waals surface area contributed by atoms with Gasteiger partial charge in [0.15, 0.2) is 5.13 Å². The van der Waals surface area contributed by atoms with Gasteiger partial charge >= 0.3 is 0 Å². The summed E-state index contributed by atoms with van der Waals surface area (Å²) in [6, 6.07) is 10.9. The van der Waals surface area contributed by atoms with Crippen LogP contribution >= 0.6 is 11.3 Å². The van der Waals surface area contributed by atoms with Gasteiger partial charge in [-0.2, -0.15) is 0 Å². The number of nitro groups is 1. The molecule has 0 atom stereocenters. The van der Waals surface area contributed by atoms with Crippen molar-refractivity contribution in [3.8, 4) is 0 Å². The van der Waals surface area contributed by atoms with E-state index in [9.17, 15) is 19.7 Å². The molecule has 3 aromatic rings. The van der Waals surface area contributed by atoms with Crippen molar-refractivity contribution in [2.75, 3.05) is 16.0 Å². The summed E-state index contributed by atoms with van der Waals surface area (Å²) in [5, 5.41) is 22.1. The lowest BCUT2D eigenvalue weighted by molar-refractivity contribution is -0.384. The highest BCUT2D eigenvalue weighted by Crippen LogP contribution is 2.31. The van der Waals surface area contributed by atoms with E-state index < -0.39 is 10.8 Å². The van der Waals surface area contributed by atoms with Gasteiger partial charge in [-0.1, -0.05) is 0 Å². The number of aromatic nitrogens is 1. The van der Waals surface area contributed by atoms with E-state index in [2.05, 4.69) is 20.9 Å². The van der Waals surface area contributed by atoms with Crippen molar-refractivity contribution in [1.29, 1.82) is 0 Å². The van der Waals surface area contributed by atoms with Crippen LogP contribution in [0.2, 0.25) is 0 Å². The number of hydrogen-bond donors (Lipinski definition) is 3. The summed E-state index contributed by atoms with van der Waals surface area (Å²) in [6.07, 6.45) is 3.56. The van der Waals surface area contributed by atoms with Gasteiger partial charge in [-0.05, 0) is 49.2 Å². The van der Waals surface area contributed by atoms with Crippen molar-refractivity contribution in [2.24, 2.45) is 0 Å². The van der Waals surface area contributed by atoms with Crippen LogP contribution in [0.25, 0.3) is 0 Å². The Morgan fingerprint density at radius 1 is 1.03 bits per heavy atom. The predicted molar refractivity (Wildman–Crippen MR) is 114 cm³/mol. The van der Waals surface area contributed by atoms with Gasteiger partial charge in [0.05, 0.1) is 4.92 Å². The van der Waals surface area contributed by atoms with Gasteiger partial charge in [0.2, 0.25) is 0 Å². The maximum Gasteiger partial charge on any atom is 0.293 e. The summed E-state index contributed by atoms with van der Waals surface area (Å²) in [6.45, 7) is 0. The number of benzene rings is 2. The second kappa shape index (κ2) is 8.29. The molecule has 2 aromatic carbocycles. The molecule has 1 aliphatic carbocycles. The lowest BCUT2D eigenvalue weighted by Gasteiger charge is -2.09. The minimum absolute atomic E-state index is 0.135. The molecule has 1 saturated carbocycles. The highest BCUT2D eigenvalue weighted by Gasteiger charge is 2.25. The monoisotopic (exact) mass is 423 g/mol. The van der Waals surface area contributed by atoms with Crippen molar-refractivity contribution in [3.63, 3.8) is 0 Å². The Kier molecular flexibility index (Phi) is 5.40. The van der Waals surface area contributed by atoms with E-state index in [1.54, 1.807) is 48.0 Å². The second-order valence-electron chi connectivity index (χ2n) is 6.73. The fourth-order valence-electron chi connectivity index (χ4n) is 2.76. The van der Waals surface area contributed by atoms with Crippen LogP contribution in [0.1, 0.15) is 33.6 Å². The summed E-state index contributed by atoms with van der Waals surface area (Å²) in [7, 11) is 0. The van der Waals surface area contributed by atoms with Crippen LogP contribution in [0.15, 0.2) is 54.0 Å². The summed E-state index contributed by atoms with van der Waals surface area (Å²) >= 11 is 1.31. The molecule has 1 aromatic heterocycles. The molecule has 4 rings (SSSR count). The fraction of sp³-hybridized carbons (Fsp3) is 0.150. The zero-order valence-corrected chi connectivity index (χ0v) is 16.4. The van der Waals surface area contributed by atoms with Gasteiger partial charge in [0, 0.05) is 40.5 Å². The van der Waals surface area contributed by atoms with Crippen molar-refractivity contribution in [3.05, 3.63) is 75.3 Å². The Balaban J connectivity index is 1.43. The Bertz CT molecular complexity index is 1090. The van der Waals surface area contributed by atoms with Crippen molar-refractivity contribution in [1.82, 2.24) is 4.98 Å². The normalized spacial score (nSPS) is 12.8. The molecule has 0 radical (unpaired) electrons. The fourth-order valence-corrected chi connectivity index (χ4v) is 3.28. The minimum atomic E-state index is -0.503. The first kappa shape index (κ1) is 19.5. The summed E-state index contributed by atoms with van der Waals surface area (Å²) in [5.74, 6) is -0.784. The maximum atomic E-state index is 12.5. The van der Waals surface area contributed by atoms with Crippen molar-refractivity contribution in [2.45, 2.75) is 18.9 Å². The summed E-state index contributed by atoms with van der Waals surface area (Å²) in [5.41, 5.74) is 1.33. The smallest absolute Gasteiger partial charge is 0.293 e. The van der Waals surface area contributed by atoms with Crippen molar-refractivity contribution >= 4 is 45.3 Å². The summed E-state index contributed by atoms with van der Waals surface area (Å²) in [4.78, 5) is 39.6. The lowest BCUT2D eigenvalue weighted by Crippen LogP contribution is -2.14. The van der Waals surface area contributed by atoms with Crippen LogP contribution in [-0.4, -0.2) is 27.8 Å². The molecule has 1 aliphatic rings. The molecule has 1 fully saturated rings. The molecule has 0 unspecified atom stereocenters. The average Bonchev–Trinajstić information content (AvgIpc) is 3.40. The number of hydrogen-bond acceptors (Lipinski definition) is 7. The molecular formula is C20H17N5O4S. The van der Waals surface area contributed by atoms with E-state index in [0.29, 0.717) is 22.1 Å². The zero-order valence-electron chi connectivity index (χ0n) is 15.6. The van der Waals surface area contributed by atoms with Crippen LogP contribution in [0.3, 0.4) is 0 Å². The van der Waals surface area contributed by atoms with E-state index in [1.807, 2.05) is 0 Å². The van der Waals surface area contributed by atoms with E-state index in [0.717, 1.165) is 12.8 Å². The van der Waals surface area contributed by atoms with Crippen LogP contribution in [0.5, 0.6) is 0 Å². The van der Waals surface area contributed by atoms with Crippen LogP contribution in [-0.2, 0) is 0 Å². The first-order valence-corrected chi connectivity index (χ1v) is 10.0. The van der Waals surface area contributed by atoms with Crippen LogP contribution in [0, 0.1) is 10.1 Å². The predicted octanol–water partition coefficient (Wildman–Crippen LogP) is 4.13. The van der Waals surface area contributed by atoms with Crippen LogP contribution in [0.4, 0.5) is 22.2 Å². The number of carbonyl (C=O) groups excluding carboxylic acids is 2. The molecule has 0 bridgehead atoms. The number of carbonyl (C=O) groups is 2. The standard InChI is InChI=1S/C20H17N5O4S/c26-18(24-20-21-9-10-30-20)12-1-4-15(5-2-12)23-19(27)13-3-8-16(22-14-6-7-14)17(11-13)25(28)29/h1-5,8-11,14,22H,6-7H2,(H,23,27)(H,21,24,26). The van der Waals surface area contributed by atoms with Crippen molar-refractivity contribution < 1.29 is 14.5 Å². The minimum Gasteiger partial charge on any atom is -0.377 e. The molecule has 1 heterocycles. The molecule has 0 spiro atoms. The number of anilines is 3. The third kappa shape index (κ3) is 4.61. The van der Waals surface area contributed by atoms with Gasteiger partial charge in [-0.25, -0.2) is 4.98 Å². The number of nitro benzene ring substituents is 1. The Morgan fingerprint density at radius 3 is 2.37 bits per heavy atom. The molecule has 2 amide bonds. The van der Waals surface area contributed by atoms with Gasteiger partial charge in [-0.3, -0.25) is 25.0 Å². The molecule has 0 saturated heterocycles. The van der Waals surface area contributed by atoms with Gasteiger partial charge in [0.25, 0.3) is 17.5 Å². The molecule has 0 aliphatic heterocycles. The summed E-state index contributed by atoms with van der Waals surface area (Å²) < 4.78 is 0. The highest BCUT2D eigenvalue weighted by molar-refractivity contribution is 7.13. The second-order valence-corrected chi connectivity index (χ2v) is 7.63. The first-order chi connectivity index (χ1) is 14.5. The van der Waals surface area contributed by atoms with Crippen LogP contribution < -0.4 is 16.0 Å². The lowest BCUT2D eigenvalue weighted by atomic mass is 10.1.